The number of carbonyl (C=O) groups excluding carboxylic acids is 1. The van der Waals surface area contributed by atoms with Crippen LogP contribution in [-0.4, -0.2) is 58.7 Å². The fourth-order valence-electron chi connectivity index (χ4n) is 2.45. The molecule has 2 rings (SSSR count). The molecule has 0 saturated carbocycles. The van der Waals surface area contributed by atoms with E-state index in [1.54, 1.807) is 11.7 Å². The zero-order valence-corrected chi connectivity index (χ0v) is 11.3. The lowest BCUT2D eigenvalue weighted by atomic mass is 10.0. The summed E-state index contributed by atoms with van der Waals surface area (Å²) in [5.74, 6) is -0.00953. The maximum atomic E-state index is 12.4. The summed E-state index contributed by atoms with van der Waals surface area (Å²) >= 11 is 0. The van der Waals surface area contributed by atoms with Gasteiger partial charge in [0.05, 0.1) is 11.9 Å². The van der Waals surface area contributed by atoms with Gasteiger partial charge < -0.3 is 15.5 Å². The molecule has 100 valence electrons. The lowest BCUT2D eigenvalue weighted by molar-refractivity contribution is 0.0653. The van der Waals surface area contributed by atoms with Crippen LogP contribution in [0.2, 0.25) is 0 Å². The number of hydrogen-bond donors (Lipinski definition) is 1. The lowest BCUT2D eigenvalue weighted by Gasteiger charge is -2.35. The smallest absolute Gasteiger partial charge is 0.274 e. The Morgan fingerprint density at radius 2 is 2.06 bits per heavy atom. The van der Waals surface area contributed by atoms with E-state index in [0.29, 0.717) is 17.4 Å². The number of anilines is 1. The Morgan fingerprint density at radius 3 is 2.50 bits per heavy atom. The maximum Gasteiger partial charge on any atom is 0.274 e. The first-order chi connectivity index (χ1) is 8.50. The highest BCUT2D eigenvalue weighted by atomic mass is 16.2. The fraction of sp³-hybridized carbons (Fsp3) is 0.667. The van der Waals surface area contributed by atoms with Crippen LogP contribution in [0, 0.1) is 0 Å². The van der Waals surface area contributed by atoms with Gasteiger partial charge in [-0.2, -0.15) is 5.10 Å². The van der Waals surface area contributed by atoms with Gasteiger partial charge in [-0.3, -0.25) is 9.48 Å². The van der Waals surface area contributed by atoms with E-state index in [-0.39, 0.29) is 5.91 Å². The minimum Gasteiger partial charge on any atom is -0.396 e. The number of nitrogens with two attached hydrogens (primary N) is 1. The van der Waals surface area contributed by atoms with Gasteiger partial charge in [0, 0.05) is 26.2 Å². The first-order valence-corrected chi connectivity index (χ1v) is 6.24. The Balaban J connectivity index is 2.04. The van der Waals surface area contributed by atoms with Crippen LogP contribution in [0.3, 0.4) is 0 Å². The Kier molecular flexibility index (Phi) is 3.56. The summed E-state index contributed by atoms with van der Waals surface area (Å²) in [6.45, 7) is 1.57. The van der Waals surface area contributed by atoms with Gasteiger partial charge in [-0.15, -0.1) is 0 Å². The van der Waals surface area contributed by atoms with Crippen molar-refractivity contribution in [3.8, 4) is 0 Å². The molecule has 0 spiro atoms. The van der Waals surface area contributed by atoms with Crippen molar-refractivity contribution in [3.63, 3.8) is 0 Å². The second kappa shape index (κ2) is 4.97. The number of piperidine rings is 1. The number of hydrogen-bond acceptors (Lipinski definition) is 4. The number of carbonyl (C=O) groups is 1. The number of nitrogens with zero attached hydrogens (tertiary/aromatic N) is 4. The third-order valence-electron chi connectivity index (χ3n) is 3.65. The van der Waals surface area contributed by atoms with E-state index in [4.69, 9.17) is 5.73 Å². The van der Waals surface area contributed by atoms with Gasteiger partial charge in [-0.1, -0.05) is 0 Å². The number of nitrogen functional groups attached to an aromatic ring is 1. The molecule has 0 aliphatic carbocycles. The number of aromatic nitrogens is 2. The minimum atomic E-state index is -0.00953. The Bertz CT molecular complexity index is 412. The van der Waals surface area contributed by atoms with Crippen molar-refractivity contribution in [2.45, 2.75) is 18.9 Å². The van der Waals surface area contributed by atoms with E-state index in [2.05, 4.69) is 24.1 Å². The predicted octanol–water partition coefficient (Wildman–Crippen LogP) is 0.169. The highest BCUT2D eigenvalue weighted by Gasteiger charge is 2.27. The van der Waals surface area contributed by atoms with Crippen LogP contribution in [0.5, 0.6) is 0 Å². The molecule has 1 amide bonds. The summed E-state index contributed by atoms with van der Waals surface area (Å²) in [6.07, 6.45) is 3.55. The average molecular weight is 251 g/mol. The van der Waals surface area contributed by atoms with Gasteiger partial charge in [-0.25, -0.2) is 0 Å². The molecule has 2 heterocycles. The first kappa shape index (κ1) is 12.9. The molecule has 18 heavy (non-hydrogen) atoms. The van der Waals surface area contributed by atoms with Crippen molar-refractivity contribution in [2.24, 2.45) is 7.05 Å². The van der Waals surface area contributed by atoms with Gasteiger partial charge >= 0.3 is 0 Å². The van der Waals surface area contributed by atoms with Crippen molar-refractivity contribution >= 4 is 11.6 Å². The Morgan fingerprint density at radius 1 is 1.44 bits per heavy atom. The standard InChI is InChI=1S/C12H21N5O/c1-15(2)9-4-6-17(7-5-9)12(18)11-10(13)8-14-16(11)3/h8-9H,4-7,13H2,1-3H3. The molecule has 0 atom stereocenters. The molecule has 6 heteroatoms. The van der Waals surface area contributed by atoms with Gasteiger partial charge in [0.1, 0.15) is 5.69 Å². The summed E-state index contributed by atoms with van der Waals surface area (Å²) in [4.78, 5) is 16.4. The Hall–Kier alpha value is -1.56. The van der Waals surface area contributed by atoms with Crippen LogP contribution in [0.15, 0.2) is 6.20 Å². The van der Waals surface area contributed by atoms with Gasteiger partial charge in [0.25, 0.3) is 5.91 Å². The zero-order valence-electron chi connectivity index (χ0n) is 11.3. The minimum absolute atomic E-state index is 0.00953. The second-order valence-corrected chi connectivity index (χ2v) is 5.06. The SMILES string of the molecule is CN(C)C1CCN(C(=O)c2c(N)cnn2C)CC1. The van der Waals surface area contributed by atoms with Crippen molar-refractivity contribution < 1.29 is 4.79 Å². The van der Waals surface area contributed by atoms with Crippen molar-refractivity contribution in [3.05, 3.63) is 11.9 Å². The highest BCUT2D eigenvalue weighted by molar-refractivity contribution is 5.97. The van der Waals surface area contributed by atoms with E-state index < -0.39 is 0 Å². The average Bonchev–Trinajstić information content (AvgIpc) is 2.68. The molecule has 1 saturated heterocycles. The van der Waals surface area contributed by atoms with Crippen LogP contribution in [0.1, 0.15) is 23.3 Å². The van der Waals surface area contributed by atoms with E-state index in [1.807, 2.05) is 4.90 Å². The Labute approximate surface area is 107 Å². The largest absolute Gasteiger partial charge is 0.396 e. The maximum absolute atomic E-state index is 12.4. The van der Waals surface area contributed by atoms with Crippen molar-refractivity contribution in [1.82, 2.24) is 19.6 Å². The summed E-state index contributed by atoms with van der Waals surface area (Å²) in [7, 11) is 5.92. The van der Waals surface area contributed by atoms with Gasteiger partial charge in [-0.05, 0) is 26.9 Å². The summed E-state index contributed by atoms with van der Waals surface area (Å²) < 4.78 is 1.55. The molecule has 1 fully saturated rings. The topological polar surface area (TPSA) is 67.4 Å². The molecule has 0 bridgehead atoms. The third-order valence-corrected chi connectivity index (χ3v) is 3.65. The van der Waals surface area contributed by atoms with Gasteiger partial charge in [0.2, 0.25) is 0 Å². The van der Waals surface area contributed by atoms with Crippen LogP contribution in [0.4, 0.5) is 5.69 Å². The molecule has 1 aromatic heterocycles. The quantitative estimate of drug-likeness (QED) is 0.813. The van der Waals surface area contributed by atoms with Gasteiger partial charge in [0.15, 0.2) is 0 Å². The first-order valence-electron chi connectivity index (χ1n) is 6.24. The molecule has 2 N–H and O–H groups in total. The van der Waals surface area contributed by atoms with E-state index >= 15 is 0 Å². The summed E-state index contributed by atoms with van der Waals surface area (Å²) in [5.41, 5.74) is 6.74. The number of rotatable bonds is 2. The lowest BCUT2D eigenvalue weighted by Crippen LogP contribution is -2.45. The van der Waals surface area contributed by atoms with Crippen molar-refractivity contribution in [2.75, 3.05) is 32.9 Å². The number of likely N-dealkylation sites (tertiary alicyclic amines) is 1. The fourth-order valence-corrected chi connectivity index (χ4v) is 2.45. The molecule has 0 radical (unpaired) electrons. The second-order valence-electron chi connectivity index (χ2n) is 5.06. The third kappa shape index (κ3) is 2.33. The zero-order chi connectivity index (χ0) is 13.3. The van der Waals surface area contributed by atoms with Crippen LogP contribution in [-0.2, 0) is 7.05 Å². The molecule has 1 aromatic rings. The molecular weight excluding hydrogens is 230 g/mol. The van der Waals surface area contributed by atoms with Crippen LogP contribution < -0.4 is 5.73 Å². The van der Waals surface area contributed by atoms with Crippen molar-refractivity contribution in [1.29, 1.82) is 0 Å². The number of amides is 1. The molecule has 0 unspecified atom stereocenters. The molecule has 1 aliphatic rings. The predicted molar refractivity (Wildman–Crippen MR) is 70.2 cm³/mol. The van der Waals surface area contributed by atoms with E-state index in [0.717, 1.165) is 25.9 Å². The number of aryl methyl sites for hydroxylation is 1. The summed E-state index contributed by atoms with van der Waals surface area (Å²) in [5, 5.41) is 4.01. The molecule has 0 aromatic carbocycles. The van der Waals surface area contributed by atoms with Crippen LogP contribution in [0.25, 0.3) is 0 Å². The highest BCUT2D eigenvalue weighted by Crippen LogP contribution is 2.18. The molecule has 6 nitrogen and oxygen atoms in total. The molecular formula is C12H21N5O. The molecule has 1 aliphatic heterocycles. The van der Waals surface area contributed by atoms with E-state index in [1.165, 1.54) is 6.20 Å². The monoisotopic (exact) mass is 251 g/mol. The summed E-state index contributed by atoms with van der Waals surface area (Å²) in [6, 6.07) is 0.568. The van der Waals surface area contributed by atoms with Crippen LogP contribution >= 0.6 is 0 Å². The van der Waals surface area contributed by atoms with E-state index in [9.17, 15) is 4.79 Å². The normalized spacial score (nSPS) is 17.4.